The fraction of sp³-hybridized carbons (Fsp3) is 0.273. The highest BCUT2D eigenvalue weighted by atomic mass is 15.3. The molecule has 0 bridgehead atoms. The second-order valence-electron chi connectivity index (χ2n) is 4.19. The quantitative estimate of drug-likeness (QED) is 0.711. The van der Waals surface area contributed by atoms with Crippen LogP contribution in [-0.2, 0) is 7.05 Å². The van der Waals surface area contributed by atoms with E-state index in [2.05, 4.69) is 30.6 Å². The van der Waals surface area contributed by atoms with Crippen molar-refractivity contribution in [2.24, 2.45) is 7.05 Å². The number of nitrogens with one attached hydrogen (secondary N) is 2. The Balaban J connectivity index is 2.10. The minimum atomic E-state index is 0.695. The first-order chi connectivity index (χ1) is 8.63. The summed E-state index contributed by atoms with van der Waals surface area (Å²) >= 11 is 0. The van der Waals surface area contributed by atoms with Crippen LogP contribution in [0.4, 0.5) is 11.6 Å². The van der Waals surface area contributed by atoms with Crippen molar-refractivity contribution in [1.82, 2.24) is 29.9 Å². The molecule has 0 aliphatic heterocycles. The van der Waals surface area contributed by atoms with Gasteiger partial charge in [-0.15, -0.1) is 0 Å². The van der Waals surface area contributed by atoms with Crippen LogP contribution in [0.3, 0.4) is 0 Å². The lowest BCUT2D eigenvalue weighted by atomic mass is 10.3. The van der Waals surface area contributed by atoms with Gasteiger partial charge in [0, 0.05) is 18.8 Å². The van der Waals surface area contributed by atoms with E-state index in [1.165, 1.54) is 0 Å². The van der Waals surface area contributed by atoms with E-state index in [4.69, 9.17) is 0 Å². The number of anilines is 2. The van der Waals surface area contributed by atoms with Crippen molar-refractivity contribution >= 4 is 22.7 Å². The molecule has 0 aliphatic carbocycles. The molecule has 0 fully saturated rings. The molecular formula is C11H13N7. The average molecular weight is 243 g/mol. The number of fused-ring (bicyclic) bond motifs is 1. The van der Waals surface area contributed by atoms with E-state index in [9.17, 15) is 0 Å². The van der Waals surface area contributed by atoms with E-state index >= 15 is 0 Å². The average Bonchev–Trinajstić information content (AvgIpc) is 2.87. The number of aromatic amines is 1. The lowest BCUT2D eigenvalue weighted by Gasteiger charge is -2.04. The maximum absolute atomic E-state index is 4.39. The lowest BCUT2D eigenvalue weighted by molar-refractivity contribution is 0.783. The number of hydrogen-bond acceptors (Lipinski definition) is 5. The maximum atomic E-state index is 4.39. The molecule has 0 amide bonds. The summed E-state index contributed by atoms with van der Waals surface area (Å²) in [7, 11) is 1.86. The molecule has 18 heavy (non-hydrogen) atoms. The Labute approximate surface area is 103 Å². The van der Waals surface area contributed by atoms with Gasteiger partial charge in [0.15, 0.2) is 11.5 Å². The molecule has 7 heteroatoms. The van der Waals surface area contributed by atoms with E-state index in [0.29, 0.717) is 5.82 Å². The first-order valence-corrected chi connectivity index (χ1v) is 5.59. The van der Waals surface area contributed by atoms with Crippen LogP contribution < -0.4 is 5.32 Å². The SMILES string of the molecule is Cc1nc(Nc2cc(C)[nH]n2)c2cnn(C)c2n1. The molecule has 0 saturated heterocycles. The number of hydrogen-bond donors (Lipinski definition) is 2. The molecule has 3 heterocycles. The first kappa shape index (κ1) is 10.7. The van der Waals surface area contributed by atoms with Gasteiger partial charge < -0.3 is 5.32 Å². The highest BCUT2D eigenvalue weighted by Crippen LogP contribution is 2.22. The molecule has 2 N–H and O–H groups in total. The smallest absolute Gasteiger partial charge is 0.163 e. The largest absolute Gasteiger partial charge is 0.323 e. The molecule has 0 aromatic carbocycles. The zero-order chi connectivity index (χ0) is 12.7. The third-order valence-electron chi connectivity index (χ3n) is 2.66. The van der Waals surface area contributed by atoms with Gasteiger partial charge in [-0.05, 0) is 13.8 Å². The molecule has 92 valence electrons. The van der Waals surface area contributed by atoms with E-state index in [0.717, 1.165) is 28.4 Å². The van der Waals surface area contributed by atoms with Gasteiger partial charge in [0.2, 0.25) is 0 Å². The Kier molecular flexibility index (Phi) is 2.26. The molecule has 0 saturated carbocycles. The monoisotopic (exact) mass is 243 g/mol. The Morgan fingerprint density at radius 2 is 2.11 bits per heavy atom. The summed E-state index contributed by atoms with van der Waals surface area (Å²) in [6, 6.07) is 1.92. The summed E-state index contributed by atoms with van der Waals surface area (Å²) in [4.78, 5) is 8.75. The van der Waals surface area contributed by atoms with Crippen LogP contribution in [0.2, 0.25) is 0 Å². The highest BCUT2D eigenvalue weighted by molar-refractivity contribution is 5.88. The van der Waals surface area contributed by atoms with Crippen LogP contribution in [0.15, 0.2) is 12.3 Å². The van der Waals surface area contributed by atoms with Crippen LogP contribution in [0.1, 0.15) is 11.5 Å². The van der Waals surface area contributed by atoms with Gasteiger partial charge in [0.1, 0.15) is 11.6 Å². The van der Waals surface area contributed by atoms with Gasteiger partial charge >= 0.3 is 0 Å². The van der Waals surface area contributed by atoms with Crippen molar-refractivity contribution in [2.75, 3.05) is 5.32 Å². The van der Waals surface area contributed by atoms with Gasteiger partial charge in [-0.3, -0.25) is 9.78 Å². The third-order valence-corrected chi connectivity index (χ3v) is 2.66. The Morgan fingerprint density at radius 1 is 1.28 bits per heavy atom. The zero-order valence-corrected chi connectivity index (χ0v) is 10.4. The highest BCUT2D eigenvalue weighted by Gasteiger charge is 2.10. The topological polar surface area (TPSA) is 84.3 Å². The van der Waals surface area contributed by atoms with E-state index in [1.807, 2.05) is 27.0 Å². The maximum Gasteiger partial charge on any atom is 0.163 e. The van der Waals surface area contributed by atoms with Crippen molar-refractivity contribution in [3.8, 4) is 0 Å². The number of H-pyrrole nitrogens is 1. The number of nitrogens with zero attached hydrogens (tertiary/aromatic N) is 5. The summed E-state index contributed by atoms with van der Waals surface area (Å²) in [5.74, 6) is 2.15. The van der Waals surface area contributed by atoms with Crippen molar-refractivity contribution < 1.29 is 0 Å². The van der Waals surface area contributed by atoms with E-state index in [-0.39, 0.29) is 0 Å². The van der Waals surface area contributed by atoms with Crippen LogP contribution in [0, 0.1) is 13.8 Å². The van der Waals surface area contributed by atoms with Gasteiger partial charge in [0.05, 0.1) is 11.6 Å². The molecule has 0 unspecified atom stereocenters. The predicted octanol–water partition coefficient (Wildman–Crippen LogP) is 1.45. The lowest BCUT2D eigenvalue weighted by Crippen LogP contribution is -2.00. The Hall–Kier alpha value is -2.44. The summed E-state index contributed by atoms with van der Waals surface area (Å²) in [5.41, 5.74) is 1.79. The molecule has 3 aromatic rings. The zero-order valence-electron chi connectivity index (χ0n) is 10.4. The molecule has 7 nitrogen and oxygen atoms in total. The second kappa shape index (κ2) is 3.80. The van der Waals surface area contributed by atoms with Crippen molar-refractivity contribution in [2.45, 2.75) is 13.8 Å². The first-order valence-electron chi connectivity index (χ1n) is 5.59. The number of aryl methyl sites for hydroxylation is 3. The summed E-state index contributed by atoms with van der Waals surface area (Å²) in [6.45, 7) is 3.80. The molecular weight excluding hydrogens is 230 g/mol. The third kappa shape index (κ3) is 1.69. The van der Waals surface area contributed by atoms with Crippen LogP contribution in [0.25, 0.3) is 11.0 Å². The molecule has 0 spiro atoms. The molecule has 0 aliphatic rings. The minimum Gasteiger partial charge on any atom is -0.323 e. The molecule has 3 rings (SSSR count). The van der Waals surface area contributed by atoms with Gasteiger partial charge in [-0.25, -0.2) is 9.97 Å². The standard InChI is InChI=1S/C11H13N7/c1-6-4-9(17-16-6)15-10-8-5-12-18(3)11(8)14-7(2)13-10/h4-5H,1-3H3,(H2,13,14,15,16,17). The molecule has 0 atom stereocenters. The fourth-order valence-electron chi connectivity index (χ4n) is 1.83. The van der Waals surface area contributed by atoms with Crippen LogP contribution in [-0.4, -0.2) is 29.9 Å². The van der Waals surface area contributed by atoms with Crippen LogP contribution >= 0.6 is 0 Å². The van der Waals surface area contributed by atoms with Gasteiger partial charge in [0.25, 0.3) is 0 Å². The van der Waals surface area contributed by atoms with Crippen molar-refractivity contribution in [3.05, 3.63) is 23.8 Å². The molecule has 0 radical (unpaired) electrons. The Morgan fingerprint density at radius 3 is 2.83 bits per heavy atom. The number of aromatic nitrogens is 6. The predicted molar refractivity (Wildman–Crippen MR) is 67.6 cm³/mol. The van der Waals surface area contributed by atoms with Gasteiger partial charge in [-0.2, -0.15) is 10.2 Å². The molecule has 3 aromatic heterocycles. The summed E-state index contributed by atoms with van der Waals surface area (Å²) in [5, 5.41) is 15.3. The normalized spacial score (nSPS) is 11.1. The summed E-state index contributed by atoms with van der Waals surface area (Å²) < 4.78 is 1.73. The van der Waals surface area contributed by atoms with Crippen molar-refractivity contribution in [1.29, 1.82) is 0 Å². The Bertz CT molecular complexity index is 709. The van der Waals surface area contributed by atoms with E-state index in [1.54, 1.807) is 10.9 Å². The van der Waals surface area contributed by atoms with E-state index < -0.39 is 0 Å². The van der Waals surface area contributed by atoms with Gasteiger partial charge in [-0.1, -0.05) is 0 Å². The van der Waals surface area contributed by atoms with Crippen molar-refractivity contribution in [3.63, 3.8) is 0 Å². The fourth-order valence-corrected chi connectivity index (χ4v) is 1.83. The number of rotatable bonds is 2. The second-order valence-corrected chi connectivity index (χ2v) is 4.19. The van der Waals surface area contributed by atoms with Crippen LogP contribution in [0.5, 0.6) is 0 Å². The minimum absolute atomic E-state index is 0.695. The summed E-state index contributed by atoms with van der Waals surface area (Å²) in [6.07, 6.45) is 1.75.